The molecule has 0 spiro atoms. The standard InChI is InChI=1S/C12H17NO/c1-9(14)12(13-2)7-10-5-3-4-6-11(10)8-12/h3-6,9,13-14H,7-8H2,1-2H3. The fourth-order valence-corrected chi connectivity index (χ4v) is 2.33. The number of nitrogens with one attached hydrogen (secondary N) is 1. The van der Waals surface area contributed by atoms with E-state index in [4.69, 9.17) is 0 Å². The van der Waals surface area contributed by atoms with Crippen LogP contribution in [0, 0.1) is 0 Å². The normalized spacial score (nSPS) is 20.5. The second-order valence-electron chi connectivity index (χ2n) is 4.20. The molecule has 0 radical (unpaired) electrons. The van der Waals surface area contributed by atoms with E-state index < -0.39 is 0 Å². The van der Waals surface area contributed by atoms with E-state index in [1.165, 1.54) is 11.1 Å². The summed E-state index contributed by atoms with van der Waals surface area (Å²) in [5.74, 6) is 0. The Morgan fingerprint density at radius 1 is 1.29 bits per heavy atom. The summed E-state index contributed by atoms with van der Waals surface area (Å²) < 4.78 is 0. The van der Waals surface area contributed by atoms with E-state index in [9.17, 15) is 5.11 Å². The van der Waals surface area contributed by atoms with Crippen LogP contribution >= 0.6 is 0 Å². The van der Waals surface area contributed by atoms with E-state index in [1.54, 1.807) is 0 Å². The van der Waals surface area contributed by atoms with E-state index in [1.807, 2.05) is 14.0 Å². The van der Waals surface area contributed by atoms with Crippen molar-refractivity contribution in [1.29, 1.82) is 0 Å². The summed E-state index contributed by atoms with van der Waals surface area (Å²) in [5, 5.41) is 13.1. The second kappa shape index (κ2) is 3.37. The Bertz CT molecular complexity index is 308. The van der Waals surface area contributed by atoms with Gasteiger partial charge in [-0.2, -0.15) is 0 Å². The molecule has 1 aromatic rings. The van der Waals surface area contributed by atoms with Crippen molar-refractivity contribution in [2.75, 3.05) is 7.05 Å². The second-order valence-corrected chi connectivity index (χ2v) is 4.20. The molecule has 14 heavy (non-hydrogen) atoms. The molecule has 0 fully saturated rings. The maximum atomic E-state index is 9.81. The van der Waals surface area contributed by atoms with Gasteiger partial charge in [-0.1, -0.05) is 24.3 Å². The summed E-state index contributed by atoms with van der Waals surface area (Å²) in [6.07, 6.45) is 1.54. The fraction of sp³-hybridized carbons (Fsp3) is 0.500. The lowest BCUT2D eigenvalue weighted by molar-refractivity contribution is 0.0852. The van der Waals surface area contributed by atoms with Crippen LogP contribution in [0.1, 0.15) is 18.1 Å². The van der Waals surface area contributed by atoms with Crippen molar-refractivity contribution < 1.29 is 5.11 Å². The lowest BCUT2D eigenvalue weighted by atomic mass is 9.90. The molecule has 1 aliphatic carbocycles. The molecule has 0 aliphatic heterocycles. The Kier molecular flexibility index (Phi) is 2.33. The summed E-state index contributed by atoms with van der Waals surface area (Å²) in [5.41, 5.74) is 2.58. The van der Waals surface area contributed by atoms with E-state index in [0.29, 0.717) is 0 Å². The summed E-state index contributed by atoms with van der Waals surface area (Å²) in [6, 6.07) is 8.42. The number of hydrogen-bond donors (Lipinski definition) is 2. The Hall–Kier alpha value is -0.860. The molecule has 76 valence electrons. The van der Waals surface area contributed by atoms with Gasteiger partial charge in [-0.05, 0) is 37.9 Å². The number of aliphatic hydroxyl groups excluding tert-OH is 1. The topological polar surface area (TPSA) is 32.3 Å². The molecular formula is C12H17NO. The Balaban J connectivity index is 2.32. The van der Waals surface area contributed by atoms with E-state index in [-0.39, 0.29) is 11.6 Å². The maximum absolute atomic E-state index is 9.81. The van der Waals surface area contributed by atoms with Gasteiger partial charge in [0.1, 0.15) is 0 Å². The summed E-state index contributed by atoms with van der Waals surface area (Å²) in [6.45, 7) is 1.86. The van der Waals surface area contributed by atoms with Crippen molar-refractivity contribution in [3.05, 3.63) is 35.4 Å². The van der Waals surface area contributed by atoms with Crippen LogP contribution < -0.4 is 5.32 Å². The van der Waals surface area contributed by atoms with Crippen LogP contribution in [0.3, 0.4) is 0 Å². The first-order chi connectivity index (χ1) is 6.68. The van der Waals surface area contributed by atoms with Gasteiger partial charge in [0.15, 0.2) is 0 Å². The molecule has 0 amide bonds. The van der Waals surface area contributed by atoms with E-state index in [0.717, 1.165) is 12.8 Å². The zero-order chi connectivity index (χ0) is 10.2. The minimum Gasteiger partial charge on any atom is -0.391 e. The van der Waals surface area contributed by atoms with E-state index >= 15 is 0 Å². The van der Waals surface area contributed by atoms with Crippen molar-refractivity contribution in [2.24, 2.45) is 0 Å². The zero-order valence-corrected chi connectivity index (χ0v) is 8.75. The van der Waals surface area contributed by atoms with Crippen molar-refractivity contribution >= 4 is 0 Å². The lowest BCUT2D eigenvalue weighted by Gasteiger charge is -2.31. The van der Waals surface area contributed by atoms with Gasteiger partial charge in [-0.15, -0.1) is 0 Å². The van der Waals surface area contributed by atoms with Gasteiger partial charge in [0.05, 0.1) is 11.6 Å². The fourth-order valence-electron chi connectivity index (χ4n) is 2.33. The first kappa shape index (κ1) is 9.69. The summed E-state index contributed by atoms with van der Waals surface area (Å²) in [4.78, 5) is 0. The monoisotopic (exact) mass is 191 g/mol. The number of benzene rings is 1. The third-order valence-corrected chi connectivity index (χ3v) is 3.43. The van der Waals surface area contributed by atoms with E-state index in [2.05, 4.69) is 29.6 Å². The van der Waals surface area contributed by atoms with Gasteiger partial charge in [-0.25, -0.2) is 0 Å². The largest absolute Gasteiger partial charge is 0.391 e. The number of fused-ring (bicyclic) bond motifs is 1. The van der Waals surface area contributed by atoms with Crippen LogP contribution in [0.5, 0.6) is 0 Å². The zero-order valence-electron chi connectivity index (χ0n) is 8.75. The van der Waals surface area contributed by atoms with Gasteiger partial charge >= 0.3 is 0 Å². The third-order valence-electron chi connectivity index (χ3n) is 3.43. The molecule has 1 aromatic carbocycles. The molecule has 0 saturated carbocycles. The van der Waals surface area contributed by atoms with Crippen LogP contribution in [0.25, 0.3) is 0 Å². The predicted octanol–water partition coefficient (Wildman–Crippen LogP) is 1.12. The average Bonchev–Trinajstić information content (AvgIpc) is 2.57. The Morgan fingerprint density at radius 3 is 2.14 bits per heavy atom. The minimum absolute atomic E-state index is 0.149. The summed E-state index contributed by atoms with van der Waals surface area (Å²) in [7, 11) is 1.93. The summed E-state index contributed by atoms with van der Waals surface area (Å²) >= 11 is 0. The van der Waals surface area contributed by atoms with Crippen LogP contribution in [0.4, 0.5) is 0 Å². The maximum Gasteiger partial charge on any atom is 0.0700 e. The van der Waals surface area contributed by atoms with Gasteiger partial charge in [-0.3, -0.25) is 0 Å². The average molecular weight is 191 g/mol. The van der Waals surface area contributed by atoms with Crippen LogP contribution in [0.2, 0.25) is 0 Å². The molecule has 2 rings (SSSR count). The highest BCUT2D eigenvalue weighted by Gasteiger charge is 2.39. The highest BCUT2D eigenvalue weighted by atomic mass is 16.3. The van der Waals surface area contributed by atoms with Crippen LogP contribution in [0.15, 0.2) is 24.3 Å². The van der Waals surface area contributed by atoms with Crippen LogP contribution in [-0.4, -0.2) is 23.8 Å². The van der Waals surface area contributed by atoms with Gasteiger partial charge in [0.25, 0.3) is 0 Å². The van der Waals surface area contributed by atoms with Gasteiger partial charge < -0.3 is 10.4 Å². The minimum atomic E-state index is -0.320. The van der Waals surface area contributed by atoms with Crippen LogP contribution in [-0.2, 0) is 12.8 Å². The first-order valence-electron chi connectivity index (χ1n) is 5.12. The molecule has 2 N–H and O–H groups in total. The highest BCUT2D eigenvalue weighted by molar-refractivity contribution is 5.36. The Labute approximate surface area is 85.0 Å². The number of aliphatic hydroxyl groups is 1. The Morgan fingerprint density at radius 2 is 1.79 bits per heavy atom. The molecule has 0 aromatic heterocycles. The molecule has 0 bridgehead atoms. The van der Waals surface area contributed by atoms with Crippen molar-refractivity contribution in [2.45, 2.75) is 31.4 Å². The van der Waals surface area contributed by atoms with Crippen molar-refractivity contribution in [3.8, 4) is 0 Å². The number of rotatable bonds is 2. The van der Waals surface area contributed by atoms with Gasteiger partial charge in [0.2, 0.25) is 0 Å². The molecule has 0 saturated heterocycles. The number of likely N-dealkylation sites (N-methyl/N-ethyl adjacent to an activating group) is 1. The quantitative estimate of drug-likeness (QED) is 0.734. The molecule has 2 heteroatoms. The number of hydrogen-bond acceptors (Lipinski definition) is 2. The first-order valence-corrected chi connectivity index (χ1v) is 5.12. The molecule has 1 aliphatic rings. The molecular weight excluding hydrogens is 174 g/mol. The molecule has 1 unspecified atom stereocenters. The molecule has 2 nitrogen and oxygen atoms in total. The highest BCUT2D eigenvalue weighted by Crippen LogP contribution is 2.31. The smallest absolute Gasteiger partial charge is 0.0700 e. The van der Waals surface area contributed by atoms with Gasteiger partial charge in [0, 0.05) is 0 Å². The third kappa shape index (κ3) is 1.35. The molecule has 0 heterocycles. The van der Waals surface area contributed by atoms with Crippen molar-refractivity contribution in [3.63, 3.8) is 0 Å². The predicted molar refractivity (Wildman–Crippen MR) is 57.3 cm³/mol. The lowest BCUT2D eigenvalue weighted by Crippen LogP contribution is -2.52. The van der Waals surface area contributed by atoms with Crippen molar-refractivity contribution in [1.82, 2.24) is 5.32 Å². The SMILES string of the molecule is CNC1(C(C)O)Cc2ccccc2C1. The molecule has 1 atom stereocenters.